The minimum absolute atomic E-state index is 0.0112. The Morgan fingerprint density at radius 2 is 1.84 bits per heavy atom. The third-order valence-corrected chi connectivity index (χ3v) is 8.63. The minimum atomic E-state index is -4.04. The van der Waals surface area contributed by atoms with E-state index in [0.717, 1.165) is 43.7 Å². The summed E-state index contributed by atoms with van der Waals surface area (Å²) in [5, 5.41) is 0. The highest BCUT2D eigenvalue weighted by Crippen LogP contribution is 2.36. The Labute approximate surface area is 188 Å². The number of sulfonamides is 1. The van der Waals surface area contributed by atoms with Crippen molar-refractivity contribution in [1.82, 2.24) is 9.47 Å². The first kappa shape index (κ1) is 21.6. The fraction of sp³-hybridized carbons (Fsp3) is 0.542. The van der Waals surface area contributed by atoms with Crippen LogP contribution in [0.4, 0.5) is 10.1 Å². The van der Waals surface area contributed by atoms with Crippen LogP contribution >= 0.6 is 0 Å². The molecule has 3 heterocycles. The fourth-order valence-electron chi connectivity index (χ4n) is 5.84. The van der Waals surface area contributed by atoms with Gasteiger partial charge in [-0.2, -0.15) is 0 Å². The first-order chi connectivity index (χ1) is 15.4. The molecule has 1 aromatic carbocycles. The van der Waals surface area contributed by atoms with Gasteiger partial charge in [-0.1, -0.05) is 25.3 Å². The van der Waals surface area contributed by atoms with Gasteiger partial charge in [0.2, 0.25) is 0 Å². The van der Waals surface area contributed by atoms with Crippen LogP contribution < -0.4 is 10.3 Å². The number of likely N-dealkylation sites (tertiary alicyclic amines) is 1. The van der Waals surface area contributed by atoms with Gasteiger partial charge in [0.05, 0.1) is 4.90 Å². The average Bonchev–Trinajstić information content (AvgIpc) is 2.77. The van der Waals surface area contributed by atoms with Crippen LogP contribution in [0.1, 0.15) is 50.1 Å². The Morgan fingerprint density at radius 1 is 1.03 bits per heavy atom. The van der Waals surface area contributed by atoms with Gasteiger partial charge in [0.15, 0.2) is 0 Å². The third kappa shape index (κ3) is 4.35. The largest absolute Gasteiger partial charge is 0.310 e. The maximum atomic E-state index is 13.5. The minimum Gasteiger partial charge on any atom is -0.310 e. The van der Waals surface area contributed by atoms with Crippen LogP contribution in [0, 0.1) is 17.7 Å². The van der Waals surface area contributed by atoms with E-state index in [1.54, 1.807) is 10.6 Å². The van der Waals surface area contributed by atoms with Crippen LogP contribution in [-0.4, -0.2) is 37.5 Å². The molecule has 0 amide bonds. The summed E-state index contributed by atoms with van der Waals surface area (Å²) in [7, 11) is -4.04. The van der Waals surface area contributed by atoms with Crippen LogP contribution in [0.2, 0.25) is 0 Å². The number of hydrogen-bond acceptors (Lipinski definition) is 4. The Bertz CT molecular complexity index is 1160. The van der Waals surface area contributed by atoms with E-state index in [2.05, 4.69) is 9.62 Å². The number of benzene rings is 1. The van der Waals surface area contributed by atoms with Crippen molar-refractivity contribution in [3.05, 3.63) is 58.3 Å². The summed E-state index contributed by atoms with van der Waals surface area (Å²) in [6, 6.07) is 8.23. The zero-order valence-corrected chi connectivity index (χ0v) is 19.0. The zero-order valence-electron chi connectivity index (χ0n) is 18.2. The van der Waals surface area contributed by atoms with Gasteiger partial charge >= 0.3 is 0 Å². The molecular formula is C24H30FN3O3S. The maximum absolute atomic E-state index is 13.5. The fourth-order valence-corrected chi connectivity index (χ4v) is 6.93. The average molecular weight is 460 g/mol. The highest BCUT2D eigenvalue weighted by molar-refractivity contribution is 7.92. The Kier molecular flexibility index (Phi) is 5.84. The normalized spacial score (nSPS) is 24.2. The van der Waals surface area contributed by atoms with Crippen LogP contribution in [0.3, 0.4) is 0 Å². The van der Waals surface area contributed by atoms with Crippen molar-refractivity contribution in [3.63, 3.8) is 0 Å². The topological polar surface area (TPSA) is 71.4 Å². The van der Waals surface area contributed by atoms with E-state index in [4.69, 9.17) is 0 Å². The van der Waals surface area contributed by atoms with Gasteiger partial charge in [0.1, 0.15) is 11.5 Å². The lowest BCUT2D eigenvalue weighted by molar-refractivity contribution is 0.0968. The van der Waals surface area contributed by atoms with Gasteiger partial charge in [0.25, 0.3) is 15.6 Å². The number of rotatable bonds is 5. The molecule has 8 heteroatoms. The monoisotopic (exact) mass is 459 g/mol. The van der Waals surface area contributed by atoms with Gasteiger partial charge in [-0.3, -0.25) is 9.52 Å². The van der Waals surface area contributed by atoms with Crippen molar-refractivity contribution in [1.29, 1.82) is 0 Å². The van der Waals surface area contributed by atoms with E-state index in [9.17, 15) is 17.6 Å². The van der Waals surface area contributed by atoms with E-state index in [-0.39, 0.29) is 16.1 Å². The van der Waals surface area contributed by atoms with Gasteiger partial charge in [-0.15, -0.1) is 0 Å². The van der Waals surface area contributed by atoms with E-state index in [0.29, 0.717) is 18.4 Å². The second-order valence-corrected chi connectivity index (χ2v) is 11.4. The van der Waals surface area contributed by atoms with Crippen molar-refractivity contribution in [2.24, 2.45) is 11.8 Å². The smallest absolute Gasteiger partial charge is 0.275 e. The predicted molar refractivity (Wildman–Crippen MR) is 122 cm³/mol. The zero-order chi connectivity index (χ0) is 22.3. The number of nitrogens with zero attached hydrogens (tertiary/aromatic N) is 2. The summed E-state index contributed by atoms with van der Waals surface area (Å²) in [4.78, 5) is 15.6. The van der Waals surface area contributed by atoms with Crippen molar-refractivity contribution in [2.75, 3.05) is 24.4 Å². The van der Waals surface area contributed by atoms with Gasteiger partial charge in [-0.05, 0) is 61.4 Å². The summed E-state index contributed by atoms with van der Waals surface area (Å²) in [6.45, 7) is 3.73. The van der Waals surface area contributed by atoms with Crippen molar-refractivity contribution in [3.8, 4) is 0 Å². The second kappa shape index (κ2) is 8.63. The van der Waals surface area contributed by atoms with Gasteiger partial charge in [0, 0.05) is 37.8 Å². The Hall–Kier alpha value is -2.19. The van der Waals surface area contributed by atoms with E-state index < -0.39 is 15.8 Å². The third-order valence-electron chi connectivity index (χ3n) is 7.27. The molecule has 1 saturated heterocycles. The molecule has 2 bridgehead atoms. The molecule has 2 aliphatic heterocycles. The summed E-state index contributed by atoms with van der Waals surface area (Å²) in [5.74, 6) is 0.857. The highest BCUT2D eigenvalue weighted by atomic mass is 32.2. The molecule has 2 aromatic rings. The summed E-state index contributed by atoms with van der Waals surface area (Å²) in [6.07, 6.45) is 7.79. The number of piperidine rings is 1. The standard InChI is InChI=1S/C24H30FN3O3S/c25-20-7-4-8-21(12-20)32(30,31)26-22-9-10-23-19-11-18(15-28(23)24(22)29)14-27(16-19)13-17-5-2-1-3-6-17/h4,7-10,12,17-19,26H,1-3,5-6,11,13-16H2/t18-,19+/m0/s1. The molecule has 5 rings (SSSR count). The van der Waals surface area contributed by atoms with Crippen LogP contribution in [0.5, 0.6) is 0 Å². The predicted octanol–water partition coefficient (Wildman–Crippen LogP) is 3.79. The number of halogens is 1. The maximum Gasteiger partial charge on any atom is 0.275 e. The van der Waals surface area contributed by atoms with Gasteiger partial charge in [-0.25, -0.2) is 12.8 Å². The van der Waals surface area contributed by atoms with E-state index >= 15 is 0 Å². The molecule has 2 fully saturated rings. The molecule has 1 aliphatic carbocycles. The number of anilines is 1. The molecule has 6 nitrogen and oxygen atoms in total. The molecule has 2 atom stereocenters. The molecule has 32 heavy (non-hydrogen) atoms. The molecule has 1 N–H and O–H groups in total. The lowest BCUT2D eigenvalue weighted by Gasteiger charge is -2.44. The van der Waals surface area contributed by atoms with Crippen LogP contribution in [0.15, 0.2) is 46.1 Å². The molecule has 0 radical (unpaired) electrons. The summed E-state index contributed by atoms with van der Waals surface area (Å²) >= 11 is 0. The first-order valence-electron chi connectivity index (χ1n) is 11.6. The number of aromatic nitrogens is 1. The number of nitrogens with one attached hydrogen (secondary N) is 1. The lowest BCUT2D eigenvalue weighted by Crippen LogP contribution is -2.48. The molecule has 0 spiro atoms. The highest BCUT2D eigenvalue weighted by Gasteiger charge is 2.36. The van der Waals surface area contributed by atoms with Crippen molar-refractivity contribution >= 4 is 15.7 Å². The van der Waals surface area contributed by atoms with E-state index in [1.165, 1.54) is 50.3 Å². The Balaban J connectivity index is 1.35. The van der Waals surface area contributed by atoms with Gasteiger partial charge < -0.3 is 9.47 Å². The molecule has 172 valence electrons. The molecule has 0 unspecified atom stereocenters. The number of hydrogen-bond donors (Lipinski definition) is 1. The Morgan fingerprint density at radius 3 is 2.62 bits per heavy atom. The molecular weight excluding hydrogens is 429 g/mol. The number of pyridine rings is 1. The lowest BCUT2D eigenvalue weighted by atomic mass is 9.81. The number of fused-ring (bicyclic) bond motifs is 4. The summed E-state index contributed by atoms with van der Waals surface area (Å²) in [5.41, 5.74) is 0.684. The molecule has 3 aliphatic rings. The second-order valence-electron chi connectivity index (χ2n) is 9.67. The van der Waals surface area contributed by atoms with Crippen molar-refractivity contribution in [2.45, 2.75) is 55.9 Å². The SMILES string of the molecule is O=c1c(NS(=O)(=O)c2cccc(F)c2)ccc2n1C[C@H]1C[C@@H]2CN(CC2CCCCC2)C1. The molecule has 1 saturated carbocycles. The van der Waals surface area contributed by atoms with Crippen LogP contribution in [-0.2, 0) is 16.6 Å². The van der Waals surface area contributed by atoms with Crippen molar-refractivity contribution < 1.29 is 12.8 Å². The summed E-state index contributed by atoms with van der Waals surface area (Å²) < 4.78 is 42.9. The quantitative estimate of drug-likeness (QED) is 0.739. The van der Waals surface area contributed by atoms with Crippen LogP contribution in [0.25, 0.3) is 0 Å². The first-order valence-corrected chi connectivity index (χ1v) is 13.1. The molecule has 1 aromatic heterocycles. The van der Waals surface area contributed by atoms with E-state index in [1.807, 2.05) is 6.07 Å².